The van der Waals surface area contributed by atoms with Crippen molar-refractivity contribution in [2.75, 3.05) is 42.7 Å². The van der Waals surface area contributed by atoms with Crippen LogP contribution in [0.25, 0.3) is 11.0 Å². The van der Waals surface area contributed by atoms with Crippen LogP contribution < -0.4 is 20.7 Å². The molecule has 3 aromatic heterocycles. The molecule has 31 heavy (non-hydrogen) atoms. The Labute approximate surface area is 181 Å². The fourth-order valence-electron chi connectivity index (χ4n) is 4.04. The smallest absolute Gasteiger partial charge is 0.322 e. The summed E-state index contributed by atoms with van der Waals surface area (Å²) in [6.45, 7) is 5.86. The van der Waals surface area contributed by atoms with E-state index in [1.807, 2.05) is 37.2 Å². The lowest BCUT2D eigenvalue weighted by molar-refractivity contribution is 0.197. The third-order valence-electron chi connectivity index (χ3n) is 5.76. The molecule has 0 aliphatic carbocycles. The predicted molar refractivity (Wildman–Crippen MR) is 120 cm³/mol. The summed E-state index contributed by atoms with van der Waals surface area (Å²) in [7, 11) is 3.42. The van der Waals surface area contributed by atoms with E-state index < -0.39 is 0 Å². The van der Waals surface area contributed by atoms with Crippen LogP contribution in [0.4, 0.5) is 22.0 Å². The largest absolute Gasteiger partial charge is 0.481 e. The molecule has 0 aromatic carbocycles. The van der Waals surface area contributed by atoms with Crippen LogP contribution in [0.2, 0.25) is 0 Å². The van der Waals surface area contributed by atoms with Gasteiger partial charge >= 0.3 is 6.03 Å². The Bertz CT molecular complexity index is 1110. The number of hydrogen-bond donors (Lipinski definition) is 2. The maximum Gasteiger partial charge on any atom is 0.322 e. The molecule has 0 unspecified atom stereocenters. The van der Waals surface area contributed by atoms with Gasteiger partial charge in [0.1, 0.15) is 5.82 Å². The SMILES string of the molecule is CC[C@H]1CN(C(=O)Nc2ccc(OC)nc2C)CCN1c1cc(N)nc2c1cnn2C. The first-order chi connectivity index (χ1) is 14.9. The first kappa shape index (κ1) is 20.7. The average Bonchev–Trinajstić information content (AvgIpc) is 3.14. The van der Waals surface area contributed by atoms with E-state index in [4.69, 9.17) is 10.5 Å². The van der Waals surface area contributed by atoms with Gasteiger partial charge in [-0.2, -0.15) is 5.10 Å². The summed E-state index contributed by atoms with van der Waals surface area (Å²) in [5.74, 6) is 0.983. The van der Waals surface area contributed by atoms with Gasteiger partial charge in [-0.15, -0.1) is 0 Å². The molecule has 2 amide bonds. The number of fused-ring (bicyclic) bond motifs is 1. The number of aromatic nitrogens is 4. The van der Waals surface area contributed by atoms with E-state index in [9.17, 15) is 4.79 Å². The lowest BCUT2D eigenvalue weighted by atomic mass is 10.1. The fraction of sp³-hybridized carbons (Fsp3) is 0.429. The van der Waals surface area contributed by atoms with Crippen LogP contribution in [0.3, 0.4) is 0 Å². The molecule has 0 saturated carbocycles. The molecule has 0 bridgehead atoms. The summed E-state index contributed by atoms with van der Waals surface area (Å²) in [5, 5.41) is 8.28. The third kappa shape index (κ3) is 3.92. The van der Waals surface area contributed by atoms with Gasteiger partial charge in [-0.1, -0.05) is 6.92 Å². The van der Waals surface area contributed by atoms with Crippen molar-refractivity contribution in [1.29, 1.82) is 0 Å². The van der Waals surface area contributed by atoms with Gasteiger partial charge in [-0.25, -0.2) is 14.8 Å². The number of methoxy groups -OCH3 is 1. The summed E-state index contributed by atoms with van der Waals surface area (Å²) < 4.78 is 6.86. The minimum atomic E-state index is -0.131. The number of carbonyl (C=O) groups excluding carboxylic acids is 1. The Balaban J connectivity index is 1.52. The Morgan fingerprint density at radius 2 is 2.13 bits per heavy atom. The molecule has 4 rings (SSSR count). The summed E-state index contributed by atoms with van der Waals surface area (Å²) >= 11 is 0. The minimum Gasteiger partial charge on any atom is -0.481 e. The number of rotatable bonds is 4. The van der Waals surface area contributed by atoms with Gasteiger partial charge < -0.3 is 25.6 Å². The second-order valence-corrected chi connectivity index (χ2v) is 7.69. The number of piperazine rings is 1. The van der Waals surface area contributed by atoms with Crippen molar-refractivity contribution in [3.05, 3.63) is 30.1 Å². The number of nitrogen functional groups attached to an aromatic ring is 1. The van der Waals surface area contributed by atoms with Crippen LogP contribution in [0.15, 0.2) is 24.4 Å². The fourth-order valence-corrected chi connectivity index (χ4v) is 4.04. The van der Waals surface area contributed by atoms with Gasteiger partial charge in [0.05, 0.1) is 35.8 Å². The van der Waals surface area contributed by atoms with Crippen LogP contribution in [0, 0.1) is 6.92 Å². The zero-order chi connectivity index (χ0) is 22.1. The highest BCUT2D eigenvalue weighted by molar-refractivity contribution is 5.92. The normalized spacial score (nSPS) is 16.6. The zero-order valence-electron chi connectivity index (χ0n) is 18.3. The molecule has 10 nitrogen and oxygen atoms in total. The van der Waals surface area contributed by atoms with Crippen molar-refractivity contribution in [3.63, 3.8) is 0 Å². The Morgan fingerprint density at radius 3 is 2.84 bits per heavy atom. The molecule has 0 spiro atoms. The highest BCUT2D eigenvalue weighted by atomic mass is 16.5. The van der Waals surface area contributed by atoms with Crippen molar-refractivity contribution >= 4 is 34.3 Å². The molecular formula is C21H28N8O2. The van der Waals surface area contributed by atoms with E-state index in [1.165, 1.54) is 0 Å². The summed E-state index contributed by atoms with van der Waals surface area (Å²) in [4.78, 5) is 25.8. The van der Waals surface area contributed by atoms with Gasteiger partial charge in [0.15, 0.2) is 5.65 Å². The molecule has 0 radical (unpaired) electrons. The lowest BCUT2D eigenvalue weighted by Gasteiger charge is -2.42. The minimum absolute atomic E-state index is 0.131. The number of anilines is 3. The molecule has 164 valence electrons. The number of amides is 2. The predicted octanol–water partition coefficient (Wildman–Crippen LogP) is 2.40. The molecule has 1 aliphatic rings. The molecule has 3 aromatic rings. The number of nitrogens with one attached hydrogen (secondary N) is 1. The Morgan fingerprint density at radius 1 is 1.32 bits per heavy atom. The van der Waals surface area contributed by atoms with Crippen molar-refractivity contribution in [2.45, 2.75) is 26.3 Å². The molecule has 1 fully saturated rings. The first-order valence-corrected chi connectivity index (χ1v) is 10.3. The van der Waals surface area contributed by atoms with E-state index in [0.29, 0.717) is 42.7 Å². The lowest BCUT2D eigenvalue weighted by Crippen LogP contribution is -2.55. The standard InChI is InChI=1S/C21H28N8O2/c1-5-14-12-28(21(30)25-16-6-7-19(31-4)24-13(16)2)8-9-29(14)17-10-18(22)26-20-15(17)11-23-27(20)3/h6-7,10-11,14H,5,8-9,12H2,1-4H3,(H2,22,26)(H,25,30)/t14-/m0/s1. The van der Waals surface area contributed by atoms with E-state index in [1.54, 1.807) is 17.9 Å². The van der Waals surface area contributed by atoms with Crippen molar-refractivity contribution in [1.82, 2.24) is 24.6 Å². The van der Waals surface area contributed by atoms with Gasteiger partial charge in [-0.05, 0) is 19.4 Å². The van der Waals surface area contributed by atoms with Crippen molar-refractivity contribution in [3.8, 4) is 5.88 Å². The Kier molecular flexibility index (Phi) is 5.53. The number of hydrogen-bond acceptors (Lipinski definition) is 7. The number of carbonyl (C=O) groups is 1. The molecular weight excluding hydrogens is 396 g/mol. The monoisotopic (exact) mass is 424 g/mol. The highest BCUT2D eigenvalue weighted by Crippen LogP contribution is 2.31. The number of aryl methyl sites for hydroxylation is 2. The first-order valence-electron chi connectivity index (χ1n) is 10.3. The molecule has 3 N–H and O–H groups in total. The van der Waals surface area contributed by atoms with E-state index in [2.05, 4.69) is 32.2 Å². The third-order valence-corrected chi connectivity index (χ3v) is 5.76. The maximum atomic E-state index is 12.9. The highest BCUT2D eigenvalue weighted by Gasteiger charge is 2.30. The van der Waals surface area contributed by atoms with Crippen LogP contribution in [0.5, 0.6) is 5.88 Å². The molecule has 1 saturated heterocycles. The van der Waals surface area contributed by atoms with Crippen molar-refractivity contribution in [2.24, 2.45) is 7.05 Å². The van der Waals surface area contributed by atoms with Crippen LogP contribution in [-0.2, 0) is 7.05 Å². The molecule has 1 aliphatic heterocycles. The van der Waals surface area contributed by atoms with Gasteiger partial charge in [0, 0.05) is 44.9 Å². The maximum absolute atomic E-state index is 12.9. The van der Waals surface area contributed by atoms with Gasteiger partial charge in [0.2, 0.25) is 5.88 Å². The van der Waals surface area contributed by atoms with E-state index >= 15 is 0 Å². The second kappa shape index (κ2) is 8.29. The zero-order valence-corrected chi connectivity index (χ0v) is 18.3. The van der Waals surface area contributed by atoms with Gasteiger partial charge in [0.25, 0.3) is 0 Å². The van der Waals surface area contributed by atoms with E-state index in [-0.39, 0.29) is 12.1 Å². The molecule has 10 heteroatoms. The van der Waals surface area contributed by atoms with Crippen LogP contribution in [0.1, 0.15) is 19.0 Å². The average molecular weight is 425 g/mol. The Hall–Kier alpha value is -3.56. The van der Waals surface area contributed by atoms with Gasteiger partial charge in [-0.3, -0.25) is 4.68 Å². The molecule has 4 heterocycles. The number of nitrogens with zero attached hydrogens (tertiary/aromatic N) is 6. The van der Waals surface area contributed by atoms with Crippen LogP contribution >= 0.6 is 0 Å². The topological polar surface area (TPSA) is 114 Å². The van der Waals surface area contributed by atoms with Crippen LogP contribution in [-0.4, -0.2) is 63.5 Å². The number of ether oxygens (including phenoxy) is 1. The quantitative estimate of drug-likeness (QED) is 0.661. The number of nitrogens with two attached hydrogens (primary N) is 1. The summed E-state index contributed by atoms with van der Waals surface area (Å²) in [5.41, 5.74) is 9.24. The number of urea groups is 1. The van der Waals surface area contributed by atoms with Crippen molar-refractivity contribution < 1.29 is 9.53 Å². The summed E-state index contributed by atoms with van der Waals surface area (Å²) in [6.07, 6.45) is 2.71. The summed E-state index contributed by atoms with van der Waals surface area (Å²) in [6, 6.07) is 5.47. The number of pyridine rings is 2. The van der Waals surface area contributed by atoms with E-state index in [0.717, 1.165) is 23.1 Å². The second-order valence-electron chi connectivity index (χ2n) is 7.69. The molecule has 1 atom stereocenters.